The lowest BCUT2D eigenvalue weighted by molar-refractivity contribution is 0.0514. The molecule has 1 atom stereocenters. The molecule has 1 fully saturated rings. The number of hydrogen-bond donors (Lipinski definition) is 1. The van der Waals surface area contributed by atoms with E-state index in [9.17, 15) is 9.59 Å². The lowest BCUT2D eigenvalue weighted by atomic mass is 9.99. The number of fused-ring (bicyclic) bond motifs is 1. The van der Waals surface area contributed by atoms with E-state index in [1.807, 2.05) is 24.3 Å². The van der Waals surface area contributed by atoms with Crippen molar-refractivity contribution in [1.29, 1.82) is 0 Å². The molecule has 2 heterocycles. The van der Waals surface area contributed by atoms with Gasteiger partial charge in [0.1, 0.15) is 5.56 Å². The summed E-state index contributed by atoms with van der Waals surface area (Å²) in [6.45, 7) is 2.19. The Morgan fingerprint density at radius 1 is 1.39 bits per heavy atom. The van der Waals surface area contributed by atoms with Gasteiger partial charge in [-0.15, -0.1) is 0 Å². The van der Waals surface area contributed by atoms with Crippen molar-refractivity contribution in [3.63, 3.8) is 0 Å². The normalized spacial score (nSPS) is 18.0. The molecule has 0 saturated carbocycles. The molecule has 1 aromatic carbocycles. The Balaban J connectivity index is 1.70. The average molecular weight is 314 g/mol. The summed E-state index contributed by atoms with van der Waals surface area (Å²) < 4.78 is 6.97. The molecule has 1 saturated heterocycles. The maximum Gasteiger partial charge on any atom is 0.263 e. The van der Waals surface area contributed by atoms with Crippen molar-refractivity contribution in [2.24, 2.45) is 13.0 Å². The van der Waals surface area contributed by atoms with Crippen molar-refractivity contribution >= 4 is 16.8 Å². The first-order valence-electron chi connectivity index (χ1n) is 8.11. The minimum absolute atomic E-state index is 0.200. The number of amides is 1. The second-order valence-electron chi connectivity index (χ2n) is 6.11. The summed E-state index contributed by atoms with van der Waals surface area (Å²) in [5, 5.41) is 3.76. The van der Waals surface area contributed by atoms with E-state index in [1.54, 1.807) is 13.1 Å². The van der Waals surface area contributed by atoms with Crippen LogP contribution >= 0.6 is 0 Å². The van der Waals surface area contributed by atoms with Gasteiger partial charge in [0, 0.05) is 26.8 Å². The molecule has 0 spiro atoms. The van der Waals surface area contributed by atoms with E-state index in [0.717, 1.165) is 43.4 Å². The fourth-order valence-corrected chi connectivity index (χ4v) is 3.11. The van der Waals surface area contributed by atoms with E-state index in [0.29, 0.717) is 12.5 Å². The third-order valence-corrected chi connectivity index (χ3v) is 4.47. The Morgan fingerprint density at radius 3 is 3.00 bits per heavy atom. The number of aryl methyl sites for hydroxylation is 1. The van der Waals surface area contributed by atoms with Crippen molar-refractivity contribution in [3.8, 4) is 0 Å². The molecule has 2 aromatic rings. The van der Waals surface area contributed by atoms with Gasteiger partial charge in [0.05, 0.1) is 5.52 Å². The first-order valence-corrected chi connectivity index (χ1v) is 8.11. The number of carbonyl (C=O) groups excluding carboxylic acids is 1. The van der Waals surface area contributed by atoms with Crippen molar-refractivity contribution in [2.45, 2.75) is 19.3 Å². The van der Waals surface area contributed by atoms with Gasteiger partial charge in [0.2, 0.25) is 0 Å². The molecule has 0 bridgehead atoms. The van der Waals surface area contributed by atoms with E-state index in [4.69, 9.17) is 4.74 Å². The van der Waals surface area contributed by atoms with Crippen molar-refractivity contribution in [3.05, 3.63) is 46.2 Å². The highest BCUT2D eigenvalue weighted by molar-refractivity contribution is 5.97. The Kier molecular flexibility index (Phi) is 4.76. The fourth-order valence-electron chi connectivity index (χ4n) is 3.11. The molecule has 1 amide bonds. The van der Waals surface area contributed by atoms with E-state index in [1.165, 1.54) is 4.57 Å². The number of rotatable bonds is 4. The number of carbonyl (C=O) groups is 1. The molecule has 1 aromatic heterocycles. The van der Waals surface area contributed by atoms with Gasteiger partial charge < -0.3 is 14.6 Å². The summed E-state index contributed by atoms with van der Waals surface area (Å²) in [5.41, 5.74) is 0.765. The van der Waals surface area contributed by atoms with Crippen LogP contribution in [0.2, 0.25) is 0 Å². The second kappa shape index (κ2) is 6.96. The van der Waals surface area contributed by atoms with Gasteiger partial charge in [0.25, 0.3) is 11.5 Å². The number of hydrogen-bond acceptors (Lipinski definition) is 3. The summed E-state index contributed by atoms with van der Waals surface area (Å²) in [7, 11) is 1.70. The highest BCUT2D eigenvalue weighted by Crippen LogP contribution is 2.16. The number of aromatic nitrogens is 1. The molecule has 3 rings (SSSR count). The van der Waals surface area contributed by atoms with Gasteiger partial charge in [-0.3, -0.25) is 9.59 Å². The molecule has 0 aliphatic carbocycles. The smallest absolute Gasteiger partial charge is 0.263 e. The molecule has 1 unspecified atom stereocenters. The predicted octanol–water partition coefficient (Wildman–Crippen LogP) is 2.08. The Hall–Kier alpha value is -2.14. The minimum Gasteiger partial charge on any atom is -0.381 e. The van der Waals surface area contributed by atoms with Gasteiger partial charge in [-0.25, -0.2) is 0 Å². The third-order valence-electron chi connectivity index (χ3n) is 4.47. The first-order chi connectivity index (χ1) is 11.2. The Labute approximate surface area is 135 Å². The van der Waals surface area contributed by atoms with Crippen LogP contribution in [0.1, 0.15) is 29.6 Å². The van der Waals surface area contributed by atoms with Gasteiger partial charge in [-0.1, -0.05) is 18.2 Å². The maximum absolute atomic E-state index is 12.4. The van der Waals surface area contributed by atoms with Crippen LogP contribution in [0.3, 0.4) is 0 Å². The van der Waals surface area contributed by atoms with Crippen LogP contribution in [-0.4, -0.2) is 30.2 Å². The number of nitrogens with one attached hydrogen (secondary N) is 1. The fraction of sp³-hybridized carbons (Fsp3) is 0.444. The van der Waals surface area contributed by atoms with Crippen LogP contribution in [0.15, 0.2) is 35.1 Å². The van der Waals surface area contributed by atoms with Crippen molar-refractivity contribution in [1.82, 2.24) is 9.88 Å². The van der Waals surface area contributed by atoms with E-state index < -0.39 is 0 Å². The van der Waals surface area contributed by atoms with Gasteiger partial charge in [-0.05, 0) is 42.7 Å². The first kappa shape index (κ1) is 15.7. The molecule has 0 radical (unpaired) electrons. The Bertz CT molecular complexity index is 760. The number of para-hydroxylation sites is 1. The zero-order chi connectivity index (χ0) is 16.2. The summed E-state index contributed by atoms with van der Waals surface area (Å²) in [6, 6.07) is 9.24. The quantitative estimate of drug-likeness (QED) is 0.940. The van der Waals surface area contributed by atoms with Crippen LogP contribution in [0.5, 0.6) is 0 Å². The zero-order valence-corrected chi connectivity index (χ0v) is 13.4. The van der Waals surface area contributed by atoms with E-state index >= 15 is 0 Å². The molecule has 23 heavy (non-hydrogen) atoms. The third kappa shape index (κ3) is 3.45. The summed E-state index contributed by atoms with van der Waals surface area (Å²) in [4.78, 5) is 24.7. The monoisotopic (exact) mass is 314 g/mol. The topological polar surface area (TPSA) is 60.3 Å². The molecule has 1 aliphatic heterocycles. The number of benzene rings is 1. The van der Waals surface area contributed by atoms with Gasteiger partial charge in [0.15, 0.2) is 0 Å². The van der Waals surface area contributed by atoms with E-state index in [-0.39, 0.29) is 17.0 Å². The van der Waals surface area contributed by atoms with Crippen LogP contribution in [-0.2, 0) is 11.8 Å². The summed E-state index contributed by atoms with van der Waals surface area (Å²) >= 11 is 0. The molecular weight excluding hydrogens is 292 g/mol. The molecule has 5 nitrogen and oxygen atoms in total. The van der Waals surface area contributed by atoms with Crippen LogP contribution < -0.4 is 10.9 Å². The van der Waals surface area contributed by atoms with Crippen LogP contribution in [0.25, 0.3) is 10.9 Å². The average Bonchev–Trinajstić information content (AvgIpc) is 2.59. The minimum atomic E-state index is -0.298. The zero-order valence-electron chi connectivity index (χ0n) is 13.4. The second-order valence-corrected chi connectivity index (χ2v) is 6.11. The van der Waals surface area contributed by atoms with Crippen LogP contribution in [0, 0.1) is 5.92 Å². The van der Waals surface area contributed by atoms with E-state index in [2.05, 4.69) is 5.32 Å². The highest BCUT2D eigenvalue weighted by Gasteiger charge is 2.16. The van der Waals surface area contributed by atoms with Gasteiger partial charge in [-0.2, -0.15) is 0 Å². The number of ether oxygens (including phenoxy) is 1. The molecule has 122 valence electrons. The lowest BCUT2D eigenvalue weighted by Gasteiger charge is -2.21. The SMILES string of the molecule is Cn1c(=O)c(C(=O)NCCC2CCCOC2)cc2ccccc21. The molecule has 1 N–H and O–H groups in total. The Morgan fingerprint density at radius 2 is 2.22 bits per heavy atom. The van der Waals surface area contributed by atoms with Crippen LogP contribution in [0.4, 0.5) is 0 Å². The van der Waals surface area contributed by atoms with Crippen molar-refractivity contribution < 1.29 is 9.53 Å². The largest absolute Gasteiger partial charge is 0.381 e. The summed E-state index contributed by atoms with van der Waals surface area (Å²) in [5.74, 6) is 0.205. The van der Waals surface area contributed by atoms with Crippen molar-refractivity contribution in [2.75, 3.05) is 19.8 Å². The lowest BCUT2D eigenvalue weighted by Crippen LogP contribution is -2.34. The standard InChI is InChI=1S/C18H22N2O3/c1-20-16-7-3-2-6-14(16)11-15(18(20)22)17(21)19-9-8-13-5-4-10-23-12-13/h2-3,6-7,11,13H,4-5,8-10,12H2,1H3,(H,19,21). The molecule has 5 heteroatoms. The number of pyridine rings is 1. The summed E-state index contributed by atoms with van der Waals surface area (Å²) in [6.07, 6.45) is 3.12. The molecule has 1 aliphatic rings. The predicted molar refractivity (Wildman–Crippen MR) is 89.7 cm³/mol. The number of nitrogens with zero attached hydrogens (tertiary/aromatic N) is 1. The highest BCUT2D eigenvalue weighted by atomic mass is 16.5. The van der Waals surface area contributed by atoms with Gasteiger partial charge >= 0.3 is 0 Å². The maximum atomic E-state index is 12.4. The molecular formula is C18H22N2O3.